The normalized spacial score (nSPS) is 10.6. The van der Waals surface area contributed by atoms with Crippen molar-refractivity contribution in [2.45, 2.75) is 6.61 Å². The molecule has 0 bridgehead atoms. The highest BCUT2D eigenvalue weighted by Gasteiger charge is 2.04. The van der Waals surface area contributed by atoms with Crippen LogP contribution < -0.4 is 16.2 Å². The Kier molecular flexibility index (Phi) is 4.86. The first-order valence-electron chi connectivity index (χ1n) is 6.31. The zero-order valence-electron chi connectivity index (χ0n) is 11.9. The number of nitrogen functional groups attached to an aromatic ring is 2. The van der Waals surface area contributed by atoms with Gasteiger partial charge in [0.15, 0.2) is 12.4 Å². The second-order valence-electron chi connectivity index (χ2n) is 4.19. The maximum Gasteiger partial charge on any atom is 0.331 e. The third-order valence-electron chi connectivity index (χ3n) is 2.57. The van der Waals surface area contributed by atoms with E-state index >= 15 is 0 Å². The van der Waals surface area contributed by atoms with Gasteiger partial charge in [-0.1, -0.05) is 12.1 Å². The summed E-state index contributed by atoms with van der Waals surface area (Å²) < 4.78 is 10.1. The van der Waals surface area contributed by atoms with Gasteiger partial charge >= 0.3 is 5.97 Å². The monoisotopic (exact) mass is 301 g/mol. The van der Waals surface area contributed by atoms with Gasteiger partial charge in [-0.15, -0.1) is 0 Å². The lowest BCUT2D eigenvalue weighted by molar-refractivity contribution is -0.139. The van der Waals surface area contributed by atoms with E-state index in [1.54, 1.807) is 19.3 Å². The molecule has 8 nitrogen and oxygen atoms in total. The molecule has 4 N–H and O–H groups in total. The molecule has 0 saturated heterocycles. The average molecular weight is 301 g/mol. The third-order valence-corrected chi connectivity index (χ3v) is 2.57. The molecule has 2 aromatic rings. The molecule has 0 spiro atoms. The van der Waals surface area contributed by atoms with Crippen LogP contribution in [0.4, 0.5) is 11.9 Å². The molecule has 0 aliphatic rings. The Hall–Kier alpha value is -3.16. The van der Waals surface area contributed by atoms with Crippen LogP contribution >= 0.6 is 0 Å². The van der Waals surface area contributed by atoms with Crippen LogP contribution in [0.15, 0.2) is 30.3 Å². The molecule has 0 unspecified atom stereocenters. The Balaban J connectivity index is 1.93. The Morgan fingerprint density at radius 1 is 1.23 bits per heavy atom. The lowest BCUT2D eigenvalue weighted by atomic mass is 10.2. The van der Waals surface area contributed by atoms with Crippen LogP contribution in [0, 0.1) is 0 Å². The van der Waals surface area contributed by atoms with Crippen LogP contribution in [0.5, 0.6) is 5.75 Å². The molecule has 1 aromatic carbocycles. The SMILES string of the molecule is COc1cccc(/C=C/C(=O)OCc2nc(N)nc(N)n2)c1. The number of benzene rings is 1. The molecule has 114 valence electrons. The zero-order valence-corrected chi connectivity index (χ0v) is 11.9. The fourth-order valence-electron chi connectivity index (χ4n) is 1.61. The molecule has 0 aliphatic heterocycles. The molecule has 0 saturated carbocycles. The zero-order chi connectivity index (χ0) is 15.9. The van der Waals surface area contributed by atoms with E-state index in [-0.39, 0.29) is 24.3 Å². The van der Waals surface area contributed by atoms with E-state index in [0.717, 1.165) is 5.56 Å². The Morgan fingerprint density at radius 3 is 2.64 bits per heavy atom. The van der Waals surface area contributed by atoms with Crippen molar-refractivity contribution in [3.05, 3.63) is 41.7 Å². The maximum absolute atomic E-state index is 11.6. The quantitative estimate of drug-likeness (QED) is 0.613. The molecule has 1 heterocycles. The third kappa shape index (κ3) is 4.44. The van der Waals surface area contributed by atoms with E-state index in [1.165, 1.54) is 6.08 Å². The van der Waals surface area contributed by atoms with Crippen LogP contribution in [0.3, 0.4) is 0 Å². The first-order valence-corrected chi connectivity index (χ1v) is 6.31. The molecule has 0 amide bonds. The van der Waals surface area contributed by atoms with Gasteiger partial charge < -0.3 is 20.9 Å². The summed E-state index contributed by atoms with van der Waals surface area (Å²) >= 11 is 0. The highest BCUT2D eigenvalue weighted by molar-refractivity contribution is 5.87. The Bertz CT molecular complexity index is 682. The number of carbonyl (C=O) groups is 1. The van der Waals surface area contributed by atoms with Gasteiger partial charge in [0.2, 0.25) is 11.9 Å². The van der Waals surface area contributed by atoms with Crippen LogP contribution in [-0.2, 0) is 16.1 Å². The molecule has 8 heteroatoms. The van der Waals surface area contributed by atoms with E-state index < -0.39 is 5.97 Å². The van der Waals surface area contributed by atoms with Crippen molar-refractivity contribution >= 4 is 23.9 Å². The summed E-state index contributed by atoms with van der Waals surface area (Å²) in [6.07, 6.45) is 2.91. The van der Waals surface area contributed by atoms with Crippen molar-refractivity contribution in [3.8, 4) is 5.75 Å². The van der Waals surface area contributed by atoms with Crippen molar-refractivity contribution in [3.63, 3.8) is 0 Å². The molecular formula is C14H15N5O3. The summed E-state index contributed by atoms with van der Waals surface area (Å²) in [5.74, 6) is 0.302. The van der Waals surface area contributed by atoms with Crippen LogP contribution in [0.25, 0.3) is 6.08 Å². The predicted molar refractivity (Wildman–Crippen MR) is 80.5 cm³/mol. The van der Waals surface area contributed by atoms with Crippen LogP contribution in [-0.4, -0.2) is 28.0 Å². The number of carbonyl (C=O) groups excluding carboxylic acids is 1. The minimum atomic E-state index is -0.541. The number of hydrogen-bond acceptors (Lipinski definition) is 8. The van der Waals surface area contributed by atoms with Crippen molar-refractivity contribution in [1.29, 1.82) is 0 Å². The second-order valence-corrected chi connectivity index (χ2v) is 4.19. The fourth-order valence-corrected chi connectivity index (χ4v) is 1.61. The summed E-state index contributed by atoms with van der Waals surface area (Å²) in [6.45, 7) is -0.141. The summed E-state index contributed by atoms with van der Waals surface area (Å²) in [5, 5.41) is 0. The van der Waals surface area contributed by atoms with Gasteiger partial charge in [0.1, 0.15) is 5.75 Å². The number of rotatable bonds is 5. The van der Waals surface area contributed by atoms with Gasteiger partial charge in [0.25, 0.3) is 0 Å². The molecule has 0 radical (unpaired) electrons. The fraction of sp³-hybridized carbons (Fsp3) is 0.143. The standard InChI is InChI=1S/C14H15N5O3/c1-21-10-4-2-3-9(7-10)5-6-12(20)22-8-11-17-13(15)19-14(16)18-11/h2-7H,8H2,1H3,(H4,15,16,17,18,19)/b6-5+. The first kappa shape index (κ1) is 15.2. The Labute approximate surface area is 126 Å². The lowest BCUT2D eigenvalue weighted by Gasteiger charge is -2.03. The van der Waals surface area contributed by atoms with Gasteiger partial charge in [0.05, 0.1) is 7.11 Å². The highest BCUT2D eigenvalue weighted by atomic mass is 16.5. The summed E-state index contributed by atoms with van der Waals surface area (Å²) in [6, 6.07) is 7.25. The number of methoxy groups -OCH3 is 1. The van der Waals surface area contributed by atoms with Gasteiger partial charge in [-0.25, -0.2) is 4.79 Å². The van der Waals surface area contributed by atoms with Gasteiger partial charge in [-0.2, -0.15) is 15.0 Å². The molecule has 0 fully saturated rings. The largest absolute Gasteiger partial charge is 0.497 e. The van der Waals surface area contributed by atoms with Crippen LogP contribution in [0.2, 0.25) is 0 Å². The van der Waals surface area contributed by atoms with Gasteiger partial charge in [0, 0.05) is 6.08 Å². The topological polar surface area (TPSA) is 126 Å². The van der Waals surface area contributed by atoms with E-state index in [9.17, 15) is 4.79 Å². The number of anilines is 2. The minimum absolute atomic E-state index is 0.0227. The molecule has 22 heavy (non-hydrogen) atoms. The van der Waals surface area contributed by atoms with E-state index in [1.807, 2.05) is 18.2 Å². The highest BCUT2D eigenvalue weighted by Crippen LogP contribution is 2.13. The van der Waals surface area contributed by atoms with Crippen molar-refractivity contribution < 1.29 is 14.3 Å². The smallest absolute Gasteiger partial charge is 0.331 e. The summed E-state index contributed by atoms with van der Waals surface area (Å²) in [7, 11) is 1.57. The summed E-state index contributed by atoms with van der Waals surface area (Å²) in [5.41, 5.74) is 11.6. The van der Waals surface area contributed by atoms with Gasteiger partial charge in [-0.3, -0.25) is 0 Å². The summed E-state index contributed by atoms with van der Waals surface area (Å²) in [4.78, 5) is 22.9. The maximum atomic E-state index is 11.6. The minimum Gasteiger partial charge on any atom is -0.497 e. The van der Waals surface area contributed by atoms with E-state index in [4.69, 9.17) is 20.9 Å². The van der Waals surface area contributed by atoms with Crippen molar-refractivity contribution in [2.24, 2.45) is 0 Å². The molecule has 0 atom stereocenters. The number of esters is 1. The number of aromatic nitrogens is 3. The number of hydrogen-bond donors (Lipinski definition) is 2. The number of nitrogens with zero attached hydrogens (tertiary/aromatic N) is 3. The second kappa shape index (κ2) is 7.02. The molecule has 2 rings (SSSR count). The van der Waals surface area contributed by atoms with Gasteiger partial charge in [-0.05, 0) is 23.8 Å². The number of nitrogens with two attached hydrogens (primary N) is 2. The molecule has 0 aliphatic carbocycles. The Morgan fingerprint density at radius 2 is 1.95 bits per heavy atom. The van der Waals surface area contributed by atoms with E-state index in [0.29, 0.717) is 5.75 Å². The lowest BCUT2D eigenvalue weighted by Crippen LogP contribution is -2.09. The molecule has 1 aromatic heterocycles. The first-order chi connectivity index (χ1) is 10.6. The van der Waals surface area contributed by atoms with Crippen LogP contribution in [0.1, 0.15) is 11.4 Å². The molecular weight excluding hydrogens is 286 g/mol. The predicted octanol–water partition coefficient (Wildman–Crippen LogP) is 0.801. The number of ether oxygens (including phenoxy) is 2. The van der Waals surface area contributed by atoms with Crippen molar-refractivity contribution in [1.82, 2.24) is 15.0 Å². The van der Waals surface area contributed by atoms with Crippen molar-refractivity contribution in [2.75, 3.05) is 18.6 Å². The average Bonchev–Trinajstić information content (AvgIpc) is 2.50. The van der Waals surface area contributed by atoms with E-state index in [2.05, 4.69) is 15.0 Å².